The van der Waals surface area contributed by atoms with E-state index >= 15 is 0 Å². The summed E-state index contributed by atoms with van der Waals surface area (Å²) in [6, 6.07) is 5.69. The summed E-state index contributed by atoms with van der Waals surface area (Å²) in [5.74, 6) is 0.936. The van der Waals surface area contributed by atoms with Crippen LogP contribution in [0.2, 0.25) is 0 Å². The maximum atomic E-state index is 11.7. The van der Waals surface area contributed by atoms with Crippen LogP contribution in [0, 0.1) is 5.92 Å². The Kier molecular flexibility index (Phi) is 4.77. The Labute approximate surface area is 131 Å². The number of benzene rings is 1. The second-order valence-corrected chi connectivity index (χ2v) is 6.18. The summed E-state index contributed by atoms with van der Waals surface area (Å²) < 4.78 is 6.69. The molecule has 0 bridgehead atoms. The van der Waals surface area contributed by atoms with Crippen molar-refractivity contribution in [2.45, 2.75) is 13.8 Å². The molecule has 1 heterocycles. The second-order valence-electron chi connectivity index (χ2n) is 4.85. The van der Waals surface area contributed by atoms with Crippen molar-refractivity contribution in [2.24, 2.45) is 5.92 Å². The van der Waals surface area contributed by atoms with Gasteiger partial charge in [0.25, 0.3) is 5.91 Å². The average molecular weight is 355 g/mol. The van der Waals surface area contributed by atoms with E-state index in [-0.39, 0.29) is 5.91 Å². The molecule has 1 fully saturated rings. The number of ether oxygens (including phenoxy) is 1. The van der Waals surface area contributed by atoms with Crippen molar-refractivity contribution >= 4 is 45.2 Å². The largest absolute Gasteiger partial charge is 0.493 e. The van der Waals surface area contributed by atoms with E-state index in [9.17, 15) is 4.79 Å². The summed E-state index contributed by atoms with van der Waals surface area (Å²) in [5.41, 5.74) is 1.24. The number of rotatable bonds is 4. The van der Waals surface area contributed by atoms with E-state index < -0.39 is 0 Å². The first-order chi connectivity index (χ1) is 9.45. The van der Waals surface area contributed by atoms with Crippen molar-refractivity contribution in [1.82, 2.24) is 10.6 Å². The number of hydrogen-bond acceptors (Lipinski definition) is 3. The molecule has 0 radical (unpaired) electrons. The first-order valence-corrected chi connectivity index (χ1v) is 7.42. The number of carbonyl (C=O) groups is 1. The van der Waals surface area contributed by atoms with Gasteiger partial charge in [-0.3, -0.25) is 10.1 Å². The third-order valence-electron chi connectivity index (χ3n) is 2.56. The molecule has 0 atom stereocenters. The van der Waals surface area contributed by atoms with Crippen LogP contribution in [0.15, 0.2) is 28.4 Å². The van der Waals surface area contributed by atoms with Crippen LogP contribution in [0.4, 0.5) is 0 Å². The minimum absolute atomic E-state index is 0.232. The molecule has 0 aromatic heterocycles. The summed E-state index contributed by atoms with van der Waals surface area (Å²) >= 11 is 8.33. The van der Waals surface area contributed by atoms with Crippen LogP contribution in [-0.2, 0) is 4.79 Å². The molecule has 1 amide bonds. The van der Waals surface area contributed by atoms with E-state index in [1.54, 1.807) is 6.08 Å². The zero-order valence-corrected chi connectivity index (χ0v) is 13.6. The molecule has 6 heteroatoms. The van der Waals surface area contributed by atoms with Gasteiger partial charge in [-0.2, -0.15) is 0 Å². The Morgan fingerprint density at radius 3 is 2.75 bits per heavy atom. The van der Waals surface area contributed by atoms with Crippen molar-refractivity contribution in [3.8, 4) is 5.75 Å². The van der Waals surface area contributed by atoms with Crippen molar-refractivity contribution in [3.63, 3.8) is 0 Å². The van der Waals surface area contributed by atoms with Gasteiger partial charge in [-0.05, 0) is 42.4 Å². The van der Waals surface area contributed by atoms with Gasteiger partial charge >= 0.3 is 0 Å². The lowest BCUT2D eigenvalue weighted by Crippen LogP contribution is -2.21. The minimum Gasteiger partial charge on any atom is -0.493 e. The standard InChI is InChI=1S/C14H15BrN2O2S/c1-8(2)7-19-12-4-3-10(15)5-9(12)6-11-13(18)17-14(20)16-11/h3-6,8H,7H2,1-2H3,(H2,16,17,18,20). The quantitative estimate of drug-likeness (QED) is 0.644. The lowest BCUT2D eigenvalue weighted by molar-refractivity contribution is -0.115. The molecule has 0 spiro atoms. The van der Waals surface area contributed by atoms with Crippen LogP contribution in [0.25, 0.3) is 6.08 Å². The Morgan fingerprint density at radius 2 is 2.15 bits per heavy atom. The number of amides is 1. The highest BCUT2D eigenvalue weighted by Crippen LogP contribution is 2.26. The molecular formula is C14H15BrN2O2S. The van der Waals surface area contributed by atoms with Gasteiger partial charge in [0.2, 0.25) is 0 Å². The predicted molar refractivity (Wildman–Crippen MR) is 86.3 cm³/mol. The average Bonchev–Trinajstić information content (AvgIpc) is 2.66. The molecule has 20 heavy (non-hydrogen) atoms. The monoisotopic (exact) mass is 354 g/mol. The van der Waals surface area contributed by atoms with Crippen LogP contribution < -0.4 is 15.4 Å². The highest BCUT2D eigenvalue weighted by molar-refractivity contribution is 9.10. The number of carbonyl (C=O) groups excluding carboxylic acids is 1. The zero-order chi connectivity index (χ0) is 14.7. The fourth-order valence-corrected chi connectivity index (χ4v) is 2.24. The van der Waals surface area contributed by atoms with E-state index in [1.807, 2.05) is 18.2 Å². The fraction of sp³-hybridized carbons (Fsp3) is 0.286. The lowest BCUT2D eigenvalue weighted by Gasteiger charge is -2.12. The van der Waals surface area contributed by atoms with E-state index in [1.165, 1.54) is 0 Å². The van der Waals surface area contributed by atoms with E-state index in [0.29, 0.717) is 23.3 Å². The van der Waals surface area contributed by atoms with Crippen LogP contribution in [0.1, 0.15) is 19.4 Å². The summed E-state index contributed by atoms with van der Waals surface area (Å²) in [4.78, 5) is 11.7. The number of nitrogens with one attached hydrogen (secondary N) is 2. The summed E-state index contributed by atoms with van der Waals surface area (Å²) in [5, 5.41) is 5.68. The first kappa shape index (κ1) is 15.0. The summed E-state index contributed by atoms with van der Waals surface area (Å²) in [6.45, 7) is 4.79. The molecule has 0 aliphatic carbocycles. The SMILES string of the molecule is CC(C)COc1ccc(Br)cc1C=C1NC(=S)NC1=O. The van der Waals surface area contributed by atoms with Crippen LogP contribution >= 0.6 is 28.1 Å². The molecule has 1 aromatic rings. The highest BCUT2D eigenvalue weighted by atomic mass is 79.9. The maximum absolute atomic E-state index is 11.7. The smallest absolute Gasteiger partial charge is 0.273 e. The van der Waals surface area contributed by atoms with Crippen LogP contribution in [0.3, 0.4) is 0 Å². The number of thiocarbonyl (C=S) groups is 1. The first-order valence-electron chi connectivity index (χ1n) is 6.22. The Balaban J connectivity index is 2.30. The molecule has 1 aliphatic rings. The number of halogens is 1. The minimum atomic E-state index is -0.232. The second kappa shape index (κ2) is 6.37. The van der Waals surface area contributed by atoms with E-state index in [4.69, 9.17) is 17.0 Å². The van der Waals surface area contributed by atoms with Crippen molar-refractivity contribution in [3.05, 3.63) is 33.9 Å². The van der Waals surface area contributed by atoms with Gasteiger partial charge in [-0.15, -0.1) is 0 Å². The molecule has 1 aliphatic heterocycles. The molecule has 0 saturated carbocycles. The lowest BCUT2D eigenvalue weighted by atomic mass is 10.1. The fourth-order valence-electron chi connectivity index (χ4n) is 1.66. The van der Waals surface area contributed by atoms with E-state index in [0.717, 1.165) is 15.8 Å². The van der Waals surface area contributed by atoms with Crippen LogP contribution in [-0.4, -0.2) is 17.6 Å². The summed E-state index contributed by atoms with van der Waals surface area (Å²) in [7, 11) is 0. The van der Waals surface area contributed by atoms with Crippen molar-refractivity contribution in [2.75, 3.05) is 6.61 Å². The molecule has 0 unspecified atom stereocenters. The normalized spacial score (nSPS) is 16.5. The van der Waals surface area contributed by atoms with Gasteiger partial charge in [0.1, 0.15) is 11.4 Å². The Hall–Kier alpha value is -1.40. The number of hydrogen-bond donors (Lipinski definition) is 2. The third kappa shape index (κ3) is 3.80. The topological polar surface area (TPSA) is 50.4 Å². The molecule has 2 rings (SSSR count). The molecular weight excluding hydrogens is 340 g/mol. The van der Waals surface area contributed by atoms with Crippen molar-refractivity contribution < 1.29 is 9.53 Å². The predicted octanol–water partition coefficient (Wildman–Crippen LogP) is 2.83. The molecule has 1 saturated heterocycles. The zero-order valence-electron chi connectivity index (χ0n) is 11.2. The molecule has 4 nitrogen and oxygen atoms in total. The van der Waals surface area contributed by atoms with Gasteiger partial charge in [0.05, 0.1) is 6.61 Å². The van der Waals surface area contributed by atoms with Gasteiger partial charge < -0.3 is 10.1 Å². The summed E-state index contributed by atoms with van der Waals surface area (Å²) in [6.07, 6.45) is 1.73. The molecule has 2 N–H and O–H groups in total. The molecule has 106 valence electrons. The van der Waals surface area contributed by atoms with Crippen LogP contribution in [0.5, 0.6) is 5.75 Å². The Morgan fingerprint density at radius 1 is 1.40 bits per heavy atom. The third-order valence-corrected chi connectivity index (χ3v) is 3.26. The van der Waals surface area contributed by atoms with Gasteiger partial charge in [-0.1, -0.05) is 29.8 Å². The van der Waals surface area contributed by atoms with Crippen molar-refractivity contribution in [1.29, 1.82) is 0 Å². The Bertz CT molecular complexity index is 585. The maximum Gasteiger partial charge on any atom is 0.273 e. The molecule has 1 aromatic carbocycles. The highest BCUT2D eigenvalue weighted by Gasteiger charge is 2.20. The van der Waals surface area contributed by atoms with Gasteiger partial charge in [0, 0.05) is 10.0 Å². The van der Waals surface area contributed by atoms with E-state index in [2.05, 4.69) is 40.4 Å². The van der Waals surface area contributed by atoms with Gasteiger partial charge in [0.15, 0.2) is 5.11 Å². The van der Waals surface area contributed by atoms with Gasteiger partial charge in [-0.25, -0.2) is 0 Å².